The molecule has 27 heavy (non-hydrogen) atoms. The van der Waals surface area contributed by atoms with Gasteiger partial charge < -0.3 is 5.32 Å². The summed E-state index contributed by atoms with van der Waals surface area (Å²) >= 11 is 0. The van der Waals surface area contributed by atoms with Gasteiger partial charge in [-0.05, 0) is 42.2 Å². The van der Waals surface area contributed by atoms with Crippen molar-refractivity contribution < 1.29 is 13.2 Å². The van der Waals surface area contributed by atoms with Crippen LogP contribution in [-0.4, -0.2) is 38.9 Å². The number of anilines is 1. The molecule has 0 radical (unpaired) electrons. The molecule has 1 heterocycles. The molecule has 0 fully saturated rings. The number of fused-ring (bicyclic) bond motifs is 1. The fraction of sp³-hybridized carbons (Fsp3) is 0.350. The normalized spacial score (nSPS) is 13.7. The smallest absolute Gasteiger partial charge is 0.321 e. The number of nitrogens with zero attached hydrogens (tertiary/aromatic N) is 2. The molecule has 0 bridgehead atoms. The van der Waals surface area contributed by atoms with E-state index < -0.39 is 10.0 Å². The topological polar surface area (TPSA) is 69.7 Å². The minimum absolute atomic E-state index is 0.132. The Morgan fingerprint density at radius 1 is 1.19 bits per heavy atom. The molecule has 3 rings (SSSR count). The molecule has 0 unspecified atom stereocenters. The summed E-state index contributed by atoms with van der Waals surface area (Å²) < 4.78 is 27.2. The molecule has 1 aliphatic rings. The number of amides is 2. The lowest BCUT2D eigenvalue weighted by Gasteiger charge is -2.20. The molecule has 2 aromatic rings. The van der Waals surface area contributed by atoms with Crippen molar-refractivity contribution in [1.29, 1.82) is 0 Å². The van der Waals surface area contributed by atoms with E-state index in [1.807, 2.05) is 37.3 Å². The van der Waals surface area contributed by atoms with E-state index in [1.54, 1.807) is 30.1 Å². The van der Waals surface area contributed by atoms with Crippen LogP contribution in [0.1, 0.15) is 24.5 Å². The average molecular weight is 388 g/mol. The van der Waals surface area contributed by atoms with Crippen molar-refractivity contribution in [2.75, 3.05) is 25.0 Å². The summed E-state index contributed by atoms with van der Waals surface area (Å²) in [4.78, 5) is 14.2. The second-order valence-corrected chi connectivity index (χ2v) is 8.72. The molecular formula is C20H25N3O3S. The molecule has 0 aromatic heterocycles. The van der Waals surface area contributed by atoms with Crippen LogP contribution in [0, 0.1) is 0 Å². The molecule has 0 atom stereocenters. The van der Waals surface area contributed by atoms with E-state index in [0.29, 0.717) is 26.1 Å². The molecular weight excluding hydrogens is 362 g/mol. The number of urea groups is 1. The molecule has 1 aliphatic heterocycles. The maximum absolute atomic E-state index is 12.9. The molecule has 144 valence electrons. The third-order valence-electron chi connectivity index (χ3n) is 4.67. The number of carbonyl (C=O) groups is 1. The molecule has 2 aromatic carbocycles. The zero-order valence-corrected chi connectivity index (χ0v) is 16.5. The van der Waals surface area contributed by atoms with Gasteiger partial charge in [-0.1, -0.05) is 37.3 Å². The molecule has 7 heteroatoms. The van der Waals surface area contributed by atoms with E-state index in [1.165, 1.54) is 4.31 Å². The van der Waals surface area contributed by atoms with Gasteiger partial charge in [0.25, 0.3) is 0 Å². The van der Waals surface area contributed by atoms with Gasteiger partial charge in [-0.15, -0.1) is 0 Å². The van der Waals surface area contributed by atoms with Crippen LogP contribution in [-0.2, 0) is 23.0 Å². The second-order valence-electron chi connectivity index (χ2n) is 6.67. The van der Waals surface area contributed by atoms with Crippen molar-refractivity contribution in [2.45, 2.75) is 31.2 Å². The number of nitrogens with one attached hydrogen (secondary N) is 1. The van der Waals surface area contributed by atoms with Crippen molar-refractivity contribution in [3.05, 3.63) is 59.7 Å². The van der Waals surface area contributed by atoms with Crippen molar-refractivity contribution in [2.24, 2.45) is 0 Å². The van der Waals surface area contributed by atoms with E-state index in [-0.39, 0.29) is 10.9 Å². The number of rotatable bonds is 6. The van der Waals surface area contributed by atoms with Crippen LogP contribution in [0.25, 0.3) is 0 Å². The maximum atomic E-state index is 12.9. The van der Waals surface area contributed by atoms with Crippen LogP contribution in [0.3, 0.4) is 0 Å². The lowest BCUT2D eigenvalue weighted by Crippen LogP contribution is -2.39. The van der Waals surface area contributed by atoms with E-state index in [4.69, 9.17) is 0 Å². The van der Waals surface area contributed by atoms with Crippen LogP contribution in [0.2, 0.25) is 0 Å². The Labute approximate surface area is 160 Å². The molecule has 6 nitrogen and oxygen atoms in total. The predicted molar refractivity (Wildman–Crippen MR) is 106 cm³/mol. The minimum Gasteiger partial charge on any atom is -0.338 e. The Morgan fingerprint density at radius 3 is 2.63 bits per heavy atom. The van der Waals surface area contributed by atoms with Gasteiger partial charge in [-0.2, -0.15) is 4.31 Å². The number of hydrogen-bond donors (Lipinski definition) is 1. The predicted octanol–water partition coefficient (Wildman–Crippen LogP) is 2.99. The summed E-state index contributed by atoms with van der Waals surface area (Å²) in [5.74, 6) is 0. The fourth-order valence-electron chi connectivity index (χ4n) is 3.18. The van der Waals surface area contributed by atoms with E-state index in [0.717, 1.165) is 23.2 Å². The summed E-state index contributed by atoms with van der Waals surface area (Å²) in [5, 5.41) is 2.87. The Bertz CT molecular complexity index is 913. The maximum Gasteiger partial charge on any atom is 0.321 e. The summed E-state index contributed by atoms with van der Waals surface area (Å²) in [6, 6.07) is 14.4. The monoisotopic (exact) mass is 387 g/mol. The van der Waals surface area contributed by atoms with Gasteiger partial charge >= 0.3 is 6.03 Å². The van der Waals surface area contributed by atoms with Crippen LogP contribution < -0.4 is 10.2 Å². The largest absolute Gasteiger partial charge is 0.338 e. The van der Waals surface area contributed by atoms with Crippen LogP contribution in [0.4, 0.5) is 10.5 Å². The van der Waals surface area contributed by atoms with E-state index >= 15 is 0 Å². The second kappa shape index (κ2) is 8.10. The van der Waals surface area contributed by atoms with Crippen LogP contribution in [0.15, 0.2) is 53.4 Å². The molecule has 0 spiro atoms. The van der Waals surface area contributed by atoms with Crippen LogP contribution in [0.5, 0.6) is 0 Å². The average Bonchev–Trinajstić information content (AvgIpc) is 3.10. The van der Waals surface area contributed by atoms with Gasteiger partial charge in [0.2, 0.25) is 10.0 Å². The van der Waals surface area contributed by atoms with Gasteiger partial charge in [0.05, 0.1) is 4.90 Å². The van der Waals surface area contributed by atoms with Crippen molar-refractivity contribution in [3.63, 3.8) is 0 Å². The zero-order chi connectivity index (χ0) is 19.4. The highest BCUT2D eigenvalue weighted by molar-refractivity contribution is 7.89. The summed E-state index contributed by atoms with van der Waals surface area (Å²) in [5.41, 5.74) is 2.60. The fourth-order valence-corrected chi connectivity index (χ4v) is 4.39. The number of benzene rings is 2. The molecule has 0 aliphatic carbocycles. The quantitative estimate of drug-likeness (QED) is 0.828. The lowest BCUT2D eigenvalue weighted by molar-refractivity contribution is 0.247. The molecule has 1 N–H and O–H groups in total. The highest BCUT2D eigenvalue weighted by Crippen LogP contribution is 2.31. The molecule has 0 saturated carbocycles. The first kappa shape index (κ1) is 19.4. The molecule has 2 amide bonds. The van der Waals surface area contributed by atoms with Crippen molar-refractivity contribution in [1.82, 2.24) is 9.62 Å². The van der Waals surface area contributed by atoms with Gasteiger partial charge in [0.15, 0.2) is 0 Å². The van der Waals surface area contributed by atoms with Gasteiger partial charge in [0, 0.05) is 32.4 Å². The Balaban J connectivity index is 1.79. The summed E-state index contributed by atoms with van der Waals surface area (Å²) in [6.07, 6.45) is 1.53. The highest BCUT2D eigenvalue weighted by Gasteiger charge is 2.28. The minimum atomic E-state index is -3.60. The Kier molecular flexibility index (Phi) is 5.82. The summed E-state index contributed by atoms with van der Waals surface area (Å²) in [6.45, 7) is 3.50. The van der Waals surface area contributed by atoms with E-state index in [9.17, 15) is 13.2 Å². The standard InChI is InChI=1S/C20H25N3O3S/c1-3-12-21-20(24)23-13-11-17-14-18(9-10-19(17)23)27(25,26)22(2)15-16-7-5-4-6-8-16/h4-10,14H,3,11-13,15H2,1-2H3,(H,21,24). The zero-order valence-electron chi connectivity index (χ0n) is 15.7. The first-order valence-corrected chi connectivity index (χ1v) is 10.6. The molecule has 0 saturated heterocycles. The van der Waals surface area contributed by atoms with Gasteiger partial charge in [-0.25, -0.2) is 13.2 Å². The SMILES string of the molecule is CCCNC(=O)N1CCc2cc(S(=O)(=O)N(C)Cc3ccccc3)ccc21. The Morgan fingerprint density at radius 2 is 1.93 bits per heavy atom. The lowest BCUT2D eigenvalue weighted by atomic mass is 10.2. The first-order chi connectivity index (χ1) is 12.9. The highest BCUT2D eigenvalue weighted by atomic mass is 32.2. The summed E-state index contributed by atoms with van der Waals surface area (Å²) in [7, 11) is -2.01. The first-order valence-electron chi connectivity index (χ1n) is 9.12. The third kappa shape index (κ3) is 4.14. The van der Waals surface area contributed by atoms with Crippen molar-refractivity contribution in [3.8, 4) is 0 Å². The van der Waals surface area contributed by atoms with E-state index in [2.05, 4.69) is 5.32 Å². The van der Waals surface area contributed by atoms with Crippen molar-refractivity contribution >= 4 is 21.7 Å². The van der Waals surface area contributed by atoms with Crippen LogP contribution >= 0.6 is 0 Å². The van der Waals surface area contributed by atoms with Gasteiger partial charge in [0.1, 0.15) is 0 Å². The van der Waals surface area contributed by atoms with Gasteiger partial charge in [-0.3, -0.25) is 4.90 Å². The third-order valence-corrected chi connectivity index (χ3v) is 6.47. The Hall–Kier alpha value is -2.38. The number of carbonyl (C=O) groups excluding carboxylic acids is 1. The number of sulfonamides is 1. The number of hydrogen-bond acceptors (Lipinski definition) is 3.